The summed E-state index contributed by atoms with van der Waals surface area (Å²) >= 11 is 47.0. The first kappa shape index (κ1) is 115. The van der Waals surface area contributed by atoms with Crippen LogP contribution >= 0.6 is 126 Å². The van der Waals surface area contributed by atoms with Crippen LogP contribution in [0.1, 0.15) is 239 Å². The molecule has 4 aliphatic rings. The monoisotopic (exact) mass is 2300 g/mol. The highest BCUT2D eigenvalue weighted by atomic mass is 35.5. The highest BCUT2D eigenvalue weighted by Gasteiger charge is 2.37. The van der Waals surface area contributed by atoms with Crippen LogP contribution in [0.2, 0.25) is 30.1 Å². The molecule has 4 saturated carbocycles. The molecule has 13 aromatic rings. The van der Waals surface area contributed by atoms with E-state index in [4.69, 9.17) is 108 Å². The lowest BCUT2D eigenvalue weighted by Gasteiger charge is -2.24. The lowest BCUT2D eigenvalue weighted by atomic mass is 9.82. The van der Waals surface area contributed by atoms with Crippen LogP contribution in [0.25, 0.3) is 94.6 Å². The third kappa shape index (κ3) is 28.7. The maximum atomic E-state index is 13.3. The van der Waals surface area contributed by atoms with Crippen molar-refractivity contribution in [2.75, 3.05) is 0 Å². The number of halogens is 6. The summed E-state index contributed by atoms with van der Waals surface area (Å²) in [6.07, 6.45) is 23.0. The number of benzene rings is 6. The third-order valence-corrected chi connectivity index (χ3v) is 41.1. The number of fused-ring (bicyclic) bond motifs is 1. The first-order valence-corrected chi connectivity index (χ1v) is 61.3. The summed E-state index contributed by atoms with van der Waals surface area (Å²) in [5.41, 5.74) is 6.33. The molecule has 0 saturated heterocycles. The molecular weight excluding hydrogens is 2190 g/mol. The van der Waals surface area contributed by atoms with Crippen molar-refractivity contribution in [1.82, 2.24) is 59.1 Å². The molecule has 0 spiro atoms. The first-order chi connectivity index (χ1) is 69.7. The molecule has 4 fully saturated rings. The molecule has 43 heteroatoms. The van der Waals surface area contributed by atoms with E-state index in [1.54, 1.807) is 113 Å². The van der Waals surface area contributed by atoms with Gasteiger partial charge in [-0.2, -0.15) is 4.98 Å². The normalized spacial score (nSPS) is 14.9. The van der Waals surface area contributed by atoms with Crippen molar-refractivity contribution in [1.29, 1.82) is 0 Å². The van der Waals surface area contributed by atoms with Crippen molar-refractivity contribution in [3.8, 4) is 83.8 Å². The number of carboxylic acids is 1. The van der Waals surface area contributed by atoms with E-state index in [9.17, 15) is 53.2 Å². The number of hydrogen-bond donors (Lipinski definition) is 5. The molecule has 6 aromatic carbocycles. The van der Waals surface area contributed by atoms with Crippen LogP contribution in [0.15, 0.2) is 138 Å². The molecule has 794 valence electrons. The number of aromatic nitrogens is 8. The summed E-state index contributed by atoms with van der Waals surface area (Å²) in [6.45, 7) is 29.3. The molecule has 0 unspecified atom stereocenters. The van der Waals surface area contributed by atoms with Crippen molar-refractivity contribution in [3.63, 3.8) is 0 Å². The smallest absolute Gasteiger partial charge is 0.309 e. The van der Waals surface area contributed by atoms with Crippen LogP contribution in [-0.2, 0) is 109 Å². The van der Waals surface area contributed by atoms with Crippen LogP contribution in [0.5, 0.6) is 0 Å². The number of nitrogens with one attached hydrogen (secondary N) is 4. The van der Waals surface area contributed by atoms with Gasteiger partial charge in [0.15, 0.2) is 10.8 Å². The predicted octanol–water partition coefficient (Wildman–Crippen LogP) is 27.0. The van der Waals surface area contributed by atoms with E-state index in [1.807, 2.05) is 83.1 Å². The molecule has 4 aliphatic carbocycles. The molecule has 7 heterocycles. The molecule has 0 bridgehead atoms. The quantitative estimate of drug-likeness (QED) is 0.0224. The number of hydrogen-bond acceptors (Lipinski definition) is 28. The van der Waals surface area contributed by atoms with Crippen LogP contribution in [0, 0.1) is 36.0 Å². The minimum absolute atomic E-state index is 0.00117. The molecule has 0 amide bonds. The lowest BCUT2D eigenvalue weighted by molar-refractivity contribution is -0.147. The maximum absolute atomic E-state index is 13.3. The molecule has 148 heavy (non-hydrogen) atoms. The average molecular weight is 2310 g/mol. The fourth-order valence-corrected chi connectivity index (χ4v) is 31.4. The van der Waals surface area contributed by atoms with Crippen molar-refractivity contribution in [2.24, 2.45) is 29.1 Å². The van der Waals surface area contributed by atoms with Crippen LogP contribution in [0.4, 0.5) is 0 Å². The topological polar surface area (TPSA) is 404 Å². The Bertz CT molecular complexity index is 7490. The number of aliphatic carboxylic acids is 1. The second kappa shape index (κ2) is 48.3. The molecule has 5 N–H and O–H groups in total. The molecule has 0 aliphatic heterocycles. The zero-order chi connectivity index (χ0) is 107. The maximum Gasteiger partial charge on any atom is 0.309 e. The molecule has 17 rings (SSSR count). The number of thiazole rings is 5. The van der Waals surface area contributed by atoms with Gasteiger partial charge in [0, 0.05) is 88.4 Å². The van der Waals surface area contributed by atoms with E-state index >= 15 is 0 Å². The van der Waals surface area contributed by atoms with Crippen molar-refractivity contribution in [3.05, 3.63) is 184 Å². The number of carboxylic acid groups (broad SMARTS) is 1. The number of carbonyl (C=O) groups excluding carboxylic acids is 2. The Balaban J connectivity index is 0.000000156. The molecule has 0 radical (unpaired) electrons. The minimum Gasteiger partial charge on any atom is -0.481 e. The molecule has 7 aromatic heterocycles. The Kier molecular flexibility index (Phi) is 37.6. The lowest BCUT2D eigenvalue weighted by Crippen LogP contribution is -2.40. The van der Waals surface area contributed by atoms with Gasteiger partial charge in [-0.1, -0.05) is 237 Å². The van der Waals surface area contributed by atoms with Gasteiger partial charge in [-0.15, -0.1) is 56.7 Å². The van der Waals surface area contributed by atoms with Crippen molar-refractivity contribution >= 4 is 196 Å². The Labute approximate surface area is 915 Å². The Hall–Kier alpha value is -8.13. The SMILES string of the molecule is CC(C)NS(=O)(=O)c1ccc(-c2sc(-c3cc(CC(C)(C)OC=O)on3)nc2CC2CCC2)c(Cl)c1Cl.CC(C)NS(=O)(=O)c1ccc(-c2sc(-c3cccc(CC(C)(C)OC=O)c3)nc2CC2CCC2)c(Cl)c1Cl.CC(C)NS(=O)(=O)c1ccc(-c2sc(-c3cnc(CC(C)(C)C(=O)O)s3)nc2CC2CCC2)c(Cl)c1Cl.Cc1noc(-c2nc(CC3CCCCC3)c(-c3ccc(S(=O)(=O)NC(C)(C)C)c4ccccc34)s2)n1. The van der Waals surface area contributed by atoms with E-state index in [0.29, 0.717) is 111 Å². The van der Waals surface area contributed by atoms with E-state index in [1.165, 1.54) is 139 Å². The second-order valence-corrected chi connectivity index (χ2v) is 55.8. The van der Waals surface area contributed by atoms with Gasteiger partial charge in [0.1, 0.15) is 52.4 Å². The van der Waals surface area contributed by atoms with E-state index in [-0.39, 0.29) is 67.8 Å². The fraction of sp³-hybridized carbons (Fsp3) is 0.457. The van der Waals surface area contributed by atoms with Gasteiger partial charge in [0.2, 0.25) is 40.1 Å². The number of nitrogens with zero attached hydrogens (tertiary/aromatic N) is 8. The van der Waals surface area contributed by atoms with Crippen LogP contribution in [0.3, 0.4) is 0 Å². The number of carbonyl (C=O) groups is 3. The van der Waals surface area contributed by atoms with E-state index in [0.717, 1.165) is 136 Å². The largest absolute Gasteiger partial charge is 0.481 e. The van der Waals surface area contributed by atoms with Crippen molar-refractivity contribution < 1.29 is 71.7 Å². The van der Waals surface area contributed by atoms with Crippen LogP contribution in [-0.4, -0.2) is 133 Å². The second-order valence-electron chi connectivity index (χ2n) is 41.8. The highest BCUT2D eigenvalue weighted by molar-refractivity contribution is 7.90. The van der Waals surface area contributed by atoms with Gasteiger partial charge in [0.25, 0.3) is 18.8 Å². The third-order valence-electron chi connectivity index (χ3n) is 25.5. The summed E-state index contributed by atoms with van der Waals surface area (Å²) in [4.78, 5) is 66.5. The van der Waals surface area contributed by atoms with Gasteiger partial charge in [-0.05, 0) is 201 Å². The number of sulfonamides is 4. The molecule has 0 atom stereocenters. The van der Waals surface area contributed by atoms with Gasteiger partial charge < -0.3 is 23.6 Å². The highest BCUT2D eigenvalue weighted by Crippen LogP contribution is 2.52. The van der Waals surface area contributed by atoms with Gasteiger partial charge in [0.05, 0.1) is 92.6 Å². The zero-order valence-electron chi connectivity index (χ0n) is 85.0. The van der Waals surface area contributed by atoms with Gasteiger partial charge in [-0.3, -0.25) is 14.4 Å². The zero-order valence-corrected chi connectivity index (χ0v) is 96.9. The van der Waals surface area contributed by atoms with Crippen LogP contribution < -0.4 is 18.9 Å². The Morgan fingerprint density at radius 1 is 0.446 bits per heavy atom. The minimum atomic E-state index is -3.82. The number of ether oxygens (including phenoxy) is 2. The van der Waals surface area contributed by atoms with Crippen molar-refractivity contribution in [2.45, 2.75) is 300 Å². The Morgan fingerprint density at radius 2 is 0.858 bits per heavy atom. The summed E-state index contributed by atoms with van der Waals surface area (Å²) in [6, 6.07) is 29.9. The van der Waals surface area contributed by atoms with E-state index < -0.39 is 68.2 Å². The van der Waals surface area contributed by atoms with E-state index in [2.05, 4.69) is 45.2 Å². The number of aryl methyl sites for hydroxylation is 1. The molecular formula is C105H122Cl6N12O16S9. The van der Waals surface area contributed by atoms with Gasteiger partial charge >= 0.3 is 5.97 Å². The standard InChI is InChI=1S/C28H32Cl2N2O4S2.C27H32N4O3S2.C25H29Cl2N3O5S2.C25H29Cl2N3O4S3/c1-17(2)32-38(34,35)23-12-11-21(24(29)25(23)30)26-22(14-18-7-5-8-18)31-27(37-26)20-10-6-9-19(13-20)15-28(3,4)36-16-33;1-17-28-25(34-30-17)26-29-22(16-18-10-6-5-7-11-18)24(35-26)21-14-15-23(20-13-9-8-12-19(20)21)36(32,33)31-27(2,3)4;1-14(2)30-37(32,33)20-9-8-17(21(26)22(20)27)23-18(10-15-6-5-7-15)28-24(36-23)19-11-16(35-29-19)12-25(3,4)34-13-31;1-13(2)30-37(33,34)18-9-8-15(20(26)21(18)27)22-16(10-14-6-5-7-14)29-23(36-22)17-12-28-19(35-17)11-25(3,4)24(31)32/h6,9-13,16-18,32H,5,7-8,14-15H2,1-4H3;8-9,12-15,18,31H,5-7,10-11,16H2,1-4H3;8-9,11,13-15,30H,5-7,10,12H2,1-4H3;8-9,12-14,30H,5-7,10-11H2,1-4H3,(H,31,32). The predicted molar refractivity (Wildman–Crippen MR) is 593 cm³/mol. The molecule has 28 nitrogen and oxygen atoms in total. The average Bonchev–Trinajstić information content (AvgIpc) is 1.49. The number of rotatable bonds is 38. The summed E-state index contributed by atoms with van der Waals surface area (Å²) in [5, 5.41) is 23.4. The Morgan fingerprint density at radius 3 is 1.30 bits per heavy atom. The fourth-order valence-electron chi connectivity index (χ4n) is 17.7. The summed E-state index contributed by atoms with van der Waals surface area (Å²) in [7, 11) is -15.2. The first-order valence-electron chi connectivity index (χ1n) is 49.0. The van der Waals surface area contributed by atoms with Gasteiger partial charge in [-0.25, -0.2) is 77.5 Å². The summed E-state index contributed by atoms with van der Waals surface area (Å²) < 4.78 is 135. The summed E-state index contributed by atoms with van der Waals surface area (Å²) in [5.74, 6) is 2.93.